The molecule has 2 aromatic rings. The molecule has 90 valence electrons. The standard InChI is InChI=1S/C14H19N3/c1-9(2)11-5-4-10(3)13(6-11)14-7-12(8-15)16-17-14/h4-7,9H,8,15H2,1-3H3,(H,16,17). The van der Waals surface area contributed by atoms with Gasteiger partial charge in [-0.05, 0) is 36.1 Å². The third kappa shape index (κ3) is 2.39. The van der Waals surface area contributed by atoms with Gasteiger partial charge in [0.25, 0.3) is 0 Å². The van der Waals surface area contributed by atoms with Crippen LogP contribution in [0.2, 0.25) is 0 Å². The number of aromatic nitrogens is 2. The molecule has 0 spiro atoms. The lowest BCUT2D eigenvalue weighted by Crippen LogP contribution is -1.95. The smallest absolute Gasteiger partial charge is 0.0926 e. The minimum absolute atomic E-state index is 0.496. The van der Waals surface area contributed by atoms with Crippen molar-refractivity contribution in [2.75, 3.05) is 0 Å². The van der Waals surface area contributed by atoms with Crippen LogP contribution in [0.4, 0.5) is 0 Å². The van der Waals surface area contributed by atoms with Crippen LogP contribution in [0.15, 0.2) is 24.3 Å². The van der Waals surface area contributed by atoms with E-state index in [1.54, 1.807) is 0 Å². The average Bonchev–Trinajstić information content (AvgIpc) is 2.77. The maximum Gasteiger partial charge on any atom is 0.0926 e. The molecule has 0 amide bonds. The lowest BCUT2D eigenvalue weighted by molar-refractivity contribution is 0.866. The van der Waals surface area contributed by atoms with E-state index < -0.39 is 0 Å². The molecule has 0 aliphatic carbocycles. The number of nitrogens with two attached hydrogens (primary N) is 1. The van der Waals surface area contributed by atoms with Crippen LogP contribution in [0.5, 0.6) is 0 Å². The van der Waals surface area contributed by atoms with Gasteiger partial charge in [-0.15, -0.1) is 0 Å². The molecule has 0 atom stereocenters. The monoisotopic (exact) mass is 229 g/mol. The first-order valence-electron chi connectivity index (χ1n) is 5.97. The molecular weight excluding hydrogens is 210 g/mol. The SMILES string of the molecule is Cc1ccc(C(C)C)cc1-c1cc(CN)[nH]n1. The number of nitrogens with one attached hydrogen (secondary N) is 1. The molecule has 0 saturated heterocycles. The normalized spacial score (nSPS) is 11.1. The Labute approximate surface area is 102 Å². The molecule has 0 unspecified atom stereocenters. The van der Waals surface area contributed by atoms with E-state index in [4.69, 9.17) is 5.73 Å². The fourth-order valence-corrected chi connectivity index (χ4v) is 1.88. The van der Waals surface area contributed by atoms with Crippen molar-refractivity contribution in [1.82, 2.24) is 10.2 Å². The molecule has 3 heteroatoms. The number of nitrogens with zero attached hydrogens (tertiary/aromatic N) is 1. The second-order valence-electron chi connectivity index (χ2n) is 4.71. The number of H-pyrrole nitrogens is 1. The van der Waals surface area contributed by atoms with Gasteiger partial charge in [0.1, 0.15) is 0 Å². The van der Waals surface area contributed by atoms with E-state index in [1.165, 1.54) is 16.7 Å². The zero-order valence-electron chi connectivity index (χ0n) is 10.6. The molecular formula is C14H19N3. The van der Waals surface area contributed by atoms with Crippen LogP contribution in [0.1, 0.15) is 36.6 Å². The Morgan fingerprint density at radius 1 is 1.29 bits per heavy atom. The highest BCUT2D eigenvalue weighted by Crippen LogP contribution is 2.26. The van der Waals surface area contributed by atoms with E-state index in [0.29, 0.717) is 12.5 Å². The van der Waals surface area contributed by atoms with Gasteiger partial charge in [0, 0.05) is 17.8 Å². The fourth-order valence-electron chi connectivity index (χ4n) is 1.88. The highest BCUT2D eigenvalue weighted by molar-refractivity contribution is 5.64. The number of rotatable bonds is 3. The van der Waals surface area contributed by atoms with Crippen LogP contribution in [-0.4, -0.2) is 10.2 Å². The molecule has 1 aromatic carbocycles. The predicted molar refractivity (Wildman–Crippen MR) is 70.7 cm³/mol. The molecule has 17 heavy (non-hydrogen) atoms. The highest BCUT2D eigenvalue weighted by Gasteiger charge is 2.08. The second kappa shape index (κ2) is 4.72. The van der Waals surface area contributed by atoms with E-state index in [1.807, 2.05) is 6.07 Å². The first-order chi connectivity index (χ1) is 8.11. The van der Waals surface area contributed by atoms with Crippen LogP contribution in [0.3, 0.4) is 0 Å². The molecule has 0 aliphatic heterocycles. The summed E-state index contributed by atoms with van der Waals surface area (Å²) >= 11 is 0. The molecule has 0 aliphatic rings. The molecule has 2 rings (SSSR count). The Hall–Kier alpha value is -1.61. The topological polar surface area (TPSA) is 54.7 Å². The number of aryl methyl sites for hydroxylation is 1. The molecule has 1 heterocycles. The van der Waals surface area contributed by atoms with Gasteiger partial charge in [-0.1, -0.05) is 26.0 Å². The predicted octanol–water partition coefficient (Wildman–Crippen LogP) is 2.97. The van der Waals surface area contributed by atoms with E-state index in [-0.39, 0.29) is 0 Å². The first kappa shape index (κ1) is 11.9. The summed E-state index contributed by atoms with van der Waals surface area (Å²) in [6.07, 6.45) is 0. The van der Waals surface area contributed by atoms with Crippen molar-refractivity contribution in [2.24, 2.45) is 5.73 Å². The number of hydrogen-bond donors (Lipinski definition) is 2. The Bertz CT molecular complexity index is 512. The van der Waals surface area contributed by atoms with Gasteiger partial charge in [-0.2, -0.15) is 5.10 Å². The van der Waals surface area contributed by atoms with Gasteiger partial charge in [-0.3, -0.25) is 5.10 Å². The minimum atomic E-state index is 0.496. The molecule has 0 fully saturated rings. The summed E-state index contributed by atoms with van der Waals surface area (Å²) < 4.78 is 0. The number of aromatic amines is 1. The lowest BCUT2D eigenvalue weighted by Gasteiger charge is -2.09. The Morgan fingerprint density at radius 2 is 2.06 bits per heavy atom. The summed E-state index contributed by atoms with van der Waals surface area (Å²) in [7, 11) is 0. The van der Waals surface area contributed by atoms with Gasteiger partial charge in [-0.25, -0.2) is 0 Å². The van der Waals surface area contributed by atoms with Crippen LogP contribution in [0.25, 0.3) is 11.3 Å². The Kier molecular flexibility index (Phi) is 3.29. The summed E-state index contributed by atoms with van der Waals surface area (Å²) in [6.45, 7) is 7.00. The van der Waals surface area contributed by atoms with Gasteiger partial charge in [0.2, 0.25) is 0 Å². The van der Waals surface area contributed by atoms with Crippen molar-refractivity contribution in [3.05, 3.63) is 41.1 Å². The Balaban J connectivity index is 2.46. The van der Waals surface area contributed by atoms with E-state index in [2.05, 4.69) is 49.2 Å². The molecule has 1 aromatic heterocycles. The summed E-state index contributed by atoms with van der Waals surface area (Å²) in [5.41, 5.74) is 11.3. The fraction of sp³-hybridized carbons (Fsp3) is 0.357. The molecule has 0 radical (unpaired) electrons. The number of hydrogen-bond acceptors (Lipinski definition) is 2. The van der Waals surface area contributed by atoms with Gasteiger partial charge < -0.3 is 5.73 Å². The molecule has 0 bridgehead atoms. The summed E-state index contributed by atoms with van der Waals surface area (Å²) in [6, 6.07) is 8.57. The van der Waals surface area contributed by atoms with Crippen molar-refractivity contribution in [2.45, 2.75) is 33.2 Å². The van der Waals surface area contributed by atoms with Crippen molar-refractivity contribution in [1.29, 1.82) is 0 Å². The Morgan fingerprint density at radius 3 is 2.65 bits per heavy atom. The molecule has 3 N–H and O–H groups in total. The van der Waals surface area contributed by atoms with Gasteiger partial charge >= 0.3 is 0 Å². The van der Waals surface area contributed by atoms with Crippen molar-refractivity contribution >= 4 is 0 Å². The molecule has 0 saturated carbocycles. The quantitative estimate of drug-likeness (QED) is 0.850. The lowest BCUT2D eigenvalue weighted by atomic mass is 9.96. The summed E-state index contributed by atoms with van der Waals surface area (Å²) in [5.74, 6) is 0.530. The summed E-state index contributed by atoms with van der Waals surface area (Å²) in [5, 5.41) is 7.27. The van der Waals surface area contributed by atoms with Crippen LogP contribution < -0.4 is 5.73 Å². The first-order valence-corrected chi connectivity index (χ1v) is 5.97. The average molecular weight is 229 g/mol. The zero-order valence-corrected chi connectivity index (χ0v) is 10.6. The minimum Gasteiger partial charge on any atom is -0.325 e. The van der Waals surface area contributed by atoms with E-state index in [0.717, 1.165) is 11.4 Å². The van der Waals surface area contributed by atoms with Crippen molar-refractivity contribution < 1.29 is 0 Å². The number of benzene rings is 1. The van der Waals surface area contributed by atoms with Crippen LogP contribution >= 0.6 is 0 Å². The summed E-state index contributed by atoms with van der Waals surface area (Å²) in [4.78, 5) is 0. The van der Waals surface area contributed by atoms with E-state index in [9.17, 15) is 0 Å². The van der Waals surface area contributed by atoms with Crippen molar-refractivity contribution in [3.8, 4) is 11.3 Å². The van der Waals surface area contributed by atoms with Gasteiger partial charge in [0.05, 0.1) is 5.69 Å². The van der Waals surface area contributed by atoms with E-state index >= 15 is 0 Å². The second-order valence-corrected chi connectivity index (χ2v) is 4.71. The third-order valence-corrected chi connectivity index (χ3v) is 3.06. The highest BCUT2D eigenvalue weighted by atomic mass is 15.1. The van der Waals surface area contributed by atoms with Crippen LogP contribution in [-0.2, 0) is 6.54 Å². The third-order valence-electron chi connectivity index (χ3n) is 3.06. The maximum atomic E-state index is 5.59. The van der Waals surface area contributed by atoms with Gasteiger partial charge in [0.15, 0.2) is 0 Å². The zero-order chi connectivity index (χ0) is 12.4. The van der Waals surface area contributed by atoms with Crippen LogP contribution in [0, 0.1) is 6.92 Å². The molecule has 3 nitrogen and oxygen atoms in total. The maximum absolute atomic E-state index is 5.59. The van der Waals surface area contributed by atoms with Crippen molar-refractivity contribution in [3.63, 3.8) is 0 Å². The largest absolute Gasteiger partial charge is 0.325 e.